The summed E-state index contributed by atoms with van der Waals surface area (Å²) in [4.78, 5) is 0. The SMILES string of the molecule is COCc1cccc(CNCc2csnn2)c1. The van der Waals surface area contributed by atoms with Gasteiger partial charge in [-0.05, 0) is 22.7 Å². The number of hydrogen-bond donors (Lipinski definition) is 1. The zero-order valence-electron chi connectivity index (χ0n) is 9.72. The van der Waals surface area contributed by atoms with Crippen molar-refractivity contribution in [3.8, 4) is 0 Å². The molecule has 0 spiro atoms. The monoisotopic (exact) mass is 249 g/mol. The predicted molar refractivity (Wildman–Crippen MR) is 67.6 cm³/mol. The molecule has 0 bridgehead atoms. The van der Waals surface area contributed by atoms with Crippen molar-refractivity contribution in [3.63, 3.8) is 0 Å². The number of aromatic nitrogens is 2. The molecule has 1 aromatic carbocycles. The fourth-order valence-corrected chi connectivity index (χ4v) is 2.04. The van der Waals surface area contributed by atoms with Gasteiger partial charge < -0.3 is 10.1 Å². The maximum atomic E-state index is 5.11. The molecule has 0 aliphatic rings. The quantitative estimate of drug-likeness (QED) is 0.850. The van der Waals surface area contributed by atoms with Gasteiger partial charge in [-0.25, -0.2) is 0 Å². The van der Waals surface area contributed by atoms with Crippen LogP contribution in [0.4, 0.5) is 0 Å². The molecule has 0 amide bonds. The zero-order valence-corrected chi connectivity index (χ0v) is 10.5. The smallest absolute Gasteiger partial charge is 0.0893 e. The van der Waals surface area contributed by atoms with Crippen LogP contribution in [0.2, 0.25) is 0 Å². The Kier molecular flexibility index (Phi) is 4.61. The Labute approximate surface area is 105 Å². The summed E-state index contributed by atoms with van der Waals surface area (Å²) in [7, 11) is 1.71. The van der Waals surface area contributed by atoms with Crippen LogP contribution in [0.1, 0.15) is 16.8 Å². The fraction of sp³-hybridized carbons (Fsp3) is 0.333. The lowest BCUT2D eigenvalue weighted by atomic mass is 10.1. The van der Waals surface area contributed by atoms with Crippen LogP contribution in [0.25, 0.3) is 0 Å². The number of benzene rings is 1. The van der Waals surface area contributed by atoms with E-state index >= 15 is 0 Å². The van der Waals surface area contributed by atoms with Crippen LogP contribution in [-0.4, -0.2) is 16.7 Å². The second-order valence-corrected chi connectivity index (χ2v) is 4.36. The van der Waals surface area contributed by atoms with Crippen molar-refractivity contribution in [2.24, 2.45) is 0 Å². The first-order valence-corrected chi connectivity index (χ1v) is 6.25. The Balaban J connectivity index is 1.84. The van der Waals surface area contributed by atoms with Crippen LogP contribution >= 0.6 is 11.5 Å². The van der Waals surface area contributed by atoms with Gasteiger partial charge >= 0.3 is 0 Å². The summed E-state index contributed by atoms with van der Waals surface area (Å²) in [5, 5.41) is 9.27. The van der Waals surface area contributed by atoms with E-state index in [1.165, 1.54) is 22.7 Å². The van der Waals surface area contributed by atoms with Crippen molar-refractivity contribution in [1.82, 2.24) is 14.9 Å². The Morgan fingerprint density at radius 1 is 1.29 bits per heavy atom. The minimum Gasteiger partial charge on any atom is -0.380 e. The van der Waals surface area contributed by atoms with Crippen LogP contribution < -0.4 is 5.32 Å². The highest BCUT2D eigenvalue weighted by Gasteiger charge is 1.98. The lowest BCUT2D eigenvalue weighted by molar-refractivity contribution is 0.185. The van der Waals surface area contributed by atoms with Crippen molar-refractivity contribution in [1.29, 1.82) is 0 Å². The standard InChI is InChI=1S/C12H15N3OS/c1-16-8-11-4-2-3-10(5-11)6-13-7-12-9-17-15-14-12/h2-5,9,13H,6-8H2,1H3. The highest BCUT2D eigenvalue weighted by atomic mass is 32.1. The first-order chi connectivity index (χ1) is 8.38. The second-order valence-electron chi connectivity index (χ2n) is 3.75. The summed E-state index contributed by atoms with van der Waals surface area (Å²) in [5.74, 6) is 0. The number of methoxy groups -OCH3 is 1. The molecule has 90 valence electrons. The molecule has 2 aromatic rings. The lowest BCUT2D eigenvalue weighted by Crippen LogP contribution is -2.13. The van der Waals surface area contributed by atoms with Gasteiger partial charge in [-0.15, -0.1) is 5.10 Å². The molecule has 0 aliphatic carbocycles. The Hall–Kier alpha value is -1.30. The first-order valence-electron chi connectivity index (χ1n) is 5.42. The van der Waals surface area contributed by atoms with Crippen molar-refractivity contribution < 1.29 is 4.74 Å². The Morgan fingerprint density at radius 3 is 2.94 bits per heavy atom. The molecule has 0 saturated heterocycles. The van der Waals surface area contributed by atoms with Crippen LogP contribution in [0, 0.1) is 0 Å². The van der Waals surface area contributed by atoms with Gasteiger partial charge in [0.2, 0.25) is 0 Å². The fourth-order valence-electron chi connectivity index (χ4n) is 1.59. The van der Waals surface area contributed by atoms with Crippen molar-refractivity contribution >= 4 is 11.5 Å². The summed E-state index contributed by atoms with van der Waals surface area (Å²) in [6.07, 6.45) is 0. The van der Waals surface area contributed by atoms with E-state index in [1.807, 2.05) is 5.38 Å². The van der Waals surface area contributed by atoms with E-state index in [0.29, 0.717) is 6.61 Å². The molecule has 2 rings (SSSR count). The average molecular weight is 249 g/mol. The molecule has 0 unspecified atom stereocenters. The summed E-state index contributed by atoms with van der Waals surface area (Å²) >= 11 is 1.38. The first kappa shape index (κ1) is 12.2. The number of nitrogens with one attached hydrogen (secondary N) is 1. The zero-order chi connectivity index (χ0) is 11.9. The number of hydrogen-bond acceptors (Lipinski definition) is 5. The van der Waals surface area contributed by atoms with Gasteiger partial charge in [0, 0.05) is 25.6 Å². The van der Waals surface area contributed by atoms with Crippen LogP contribution in [0.15, 0.2) is 29.6 Å². The molecular weight excluding hydrogens is 234 g/mol. The Bertz CT molecular complexity index is 445. The van der Waals surface area contributed by atoms with Gasteiger partial charge in [0.05, 0.1) is 12.3 Å². The third kappa shape index (κ3) is 3.89. The molecule has 17 heavy (non-hydrogen) atoms. The van der Waals surface area contributed by atoms with E-state index in [9.17, 15) is 0 Å². The van der Waals surface area contributed by atoms with Gasteiger partial charge in [-0.2, -0.15) is 0 Å². The van der Waals surface area contributed by atoms with E-state index < -0.39 is 0 Å². The molecule has 0 fully saturated rings. The minimum absolute atomic E-state index is 0.657. The van der Waals surface area contributed by atoms with Crippen molar-refractivity contribution in [2.75, 3.05) is 7.11 Å². The molecule has 0 atom stereocenters. The molecule has 0 radical (unpaired) electrons. The van der Waals surface area contributed by atoms with E-state index in [1.54, 1.807) is 7.11 Å². The van der Waals surface area contributed by atoms with Crippen LogP contribution in [0.3, 0.4) is 0 Å². The maximum Gasteiger partial charge on any atom is 0.0893 e. The highest BCUT2D eigenvalue weighted by Crippen LogP contribution is 2.06. The molecule has 1 aromatic heterocycles. The highest BCUT2D eigenvalue weighted by molar-refractivity contribution is 7.03. The summed E-state index contributed by atoms with van der Waals surface area (Å²) in [6, 6.07) is 8.37. The van der Waals surface area contributed by atoms with Gasteiger partial charge in [0.25, 0.3) is 0 Å². The van der Waals surface area contributed by atoms with Crippen LogP contribution in [-0.2, 0) is 24.4 Å². The van der Waals surface area contributed by atoms with Crippen molar-refractivity contribution in [2.45, 2.75) is 19.7 Å². The van der Waals surface area contributed by atoms with Crippen LogP contribution in [0.5, 0.6) is 0 Å². The molecule has 5 heteroatoms. The average Bonchev–Trinajstić information content (AvgIpc) is 2.83. The molecule has 0 saturated carbocycles. The Morgan fingerprint density at radius 2 is 2.18 bits per heavy atom. The third-order valence-electron chi connectivity index (χ3n) is 2.34. The summed E-state index contributed by atoms with van der Waals surface area (Å²) in [6.45, 7) is 2.24. The summed E-state index contributed by atoms with van der Waals surface area (Å²) in [5.41, 5.74) is 3.44. The number of rotatable bonds is 6. The predicted octanol–water partition coefficient (Wildman–Crippen LogP) is 1.97. The van der Waals surface area contributed by atoms with E-state index in [0.717, 1.165) is 18.8 Å². The topological polar surface area (TPSA) is 47.0 Å². The van der Waals surface area contributed by atoms with Gasteiger partial charge in [-0.3, -0.25) is 0 Å². The third-order valence-corrected chi connectivity index (χ3v) is 2.90. The molecule has 4 nitrogen and oxygen atoms in total. The van der Waals surface area contributed by atoms with E-state index in [2.05, 4.69) is 39.2 Å². The summed E-state index contributed by atoms with van der Waals surface area (Å²) < 4.78 is 8.93. The molecule has 1 N–H and O–H groups in total. The largest absolute Gasteiger partial charge is 0.380 e. The number of nitrogens with zero attached hydrogens (tertiary/aromatic N) is 2. The maximum absolute atomic E-state index is 5.11. The van der Waals surface area contributed by atoms with Gasteiger partial charge in [0.15, 0.2) is 0 Å². The molecule has 1 heterocycles. The van der Waals surface area contributed by atoms with E-state index in [4.69, 9.17) is 4.74 Å². The minimum atomic E-state index is 0.657. The van der Waals surface area contributed by atoms with E-state index in [-0.39, 0.29) is 0 Å². The van der Waals surface area contributed by atoms with Gasteiger partial charge in [0.1, 0.15) is 0 Å². The molecular formula is C12H15N3OS. The number of ether oxygens (including phenoxy) is 1. The van der Waals surface area contributed by atoms with Crippen molar-refractivity contribution in [3.05, 3.63) is 46.5 Å². The second kappa shape index (κ2) is 6.44. The van der Waals surface area contributed by atoms with Gasteiger partial charge in [-0.1, -0.05) is 28.8 Å². The molecule has 0 aliphatic heterocycles. The normalized spacial score (nSPS) is 10.6. The lowest BCUT2D eigenvalue weighted by Gasteiger charge is -2.05.